The van der Waals surface area contributed by atoms with Crippen molar-refractivity contribution in [2.45, 2.75) is 32.0 Å². The number of carboxylic acid groups (broad SMARTS) is 1. The van der Waals surface area contributed by atoms with Gasteiger partial charge in [-0.2, -0.15) is 18.3 Å². The maximum atomic E-state index is 13.8. The first kappa shape index (κ1) is 22.0. The molecule has 2 atom stereocenters. The molecule has 1 aromatic carbocycles. The molecule has 146 valence electrons. The minimum atomic E-state index is -5.31. The fourth-order valence-electron chi connectivity index (χ4n) is 2.12. The van der Waals surface area contributed by atoms with Crippen molar-refractivity contribution in [3.8, 4) is 5.75 Å². The summed E-state index contributed by atoms with van der Waals surface area (Å²) in [6.45, 7) is 3.02. The van der Waals surface area contributed by atoms with Gasteiger partial charge in [0, 0.05) is 6.07 Å². The van der Waals surface area contributed by atoms with Crippen LogP contribution in [0, 0.1) is 11.7 Å². The molecule has 0 fully saturated rings. The van der Waals surface area contributed by atoms with E-state index in [9.17, 15) is 27.5 Å². The van der Waals surface area contributed by atoms with Crippen LogP contribution in [-0.2, 0) is 4.79 Å². The molecule has 0 bridgehead atoms. The number of ether oxygens (including phenoxy) is 1. The number of rotatable bonds is 8. The second kappa shape index (κ2) is 8.54. The number of halogens is 5. The molecule has 0 saturated carbocycles. The molecule has 0 aromatic heterocycles. The molecule has 0 radical (unpaired) electrons. The van der Waals surface area contributed by atoms with Gasteiger partial charge < -0.3 is 14.9 Å². The van der Waals surface area contributed by atoms with Crippen LogP contribution < -0.4 is 10.2 Å². The van der Waals surface area contributed by atoms with Gasteiger partial charge in [0.1, 0.15) is 11.6 Å². The lowest BCUT2D eigenvalue weighted by Crippen LogP contribution is -2.55. The van der Waals surface area contributed by atoms with Gasteiger partial charge >= 0.3 is 12.1 Å². The number of aliphatic carboxylic acids is 1. The van der Waals surface area contributed by atoms with Gasteiger partial charge in [-0.15, -0.1) is 0 Å². The predicted molar refractivity (Wildman–Crippen MR) is 87.1 cm³/mol. The zero-order valence-corrected chi connectivity index (χ0v) is 14.5. The van der Waals surface area contributed by atoms with Crippen molar-refractivity contribution in [1.29, 1.82) is 0 Å². The maximum Gasteiger partial charge on any atom is 0.423 e. The van der Waals surface area contributed by atoms with E-state index in [1.807, 2.05) is 5.43 Å². The number of benzene rings is 1. The second-order valence-corrected chi connectivity index (χ2v) is 5.59. The molecule has 26 heavy (non-hydrogen) atoms. The van der Waals surface area contributed by atoms with E-state index in [0.29, 0.717) is 0 Å². The van der Waals surface area contributed by atoms with Crippen molar-refractivity contribution in [2.75, 3.05) is 12.0 Å². The lowest BCUT2D eigenvalue weighted by molar-refractivity contribution is -0.248. The molecule has 2 unspecified atom stereocenters. The van der Waals surface area contributed by atoms with Gasteiger partial charge in [-0.05, 0) is 19.4 Å². The zero-order chi connectivity index (χ0) is 20.1. The summed E-state index contributed by atoms with van der Waals surface area (Å²) in [4.78, 5) is 11.0. The molecule has 0 saturated heterocycles. The van der Waals surface area contributed by atoms with Crippen molar-refractivity contribution in [3.05, 3.63) is 23.0 Å². The molecule has 0 aliphatic carbocycles. The smallest absolute Gasteiger partial charge is 0.423 e. The first-order chi connectivity index (χ1) is 12.0. The Morgan fingerprint density at radius 2 is 2.04 bits per heavy atom. The van der Waals surface area contributed by atoms with Crippen molar-refractivity contribution in [3.63, 3.8) is 0 Å². The van der Waals surface area contributed by atoms with E-state index >= 15 is 0 Å². The summed E-state index contributed by atoms with van der Waals surface area (Å²) in [6, 6.07) is 1.94. The van der Waals surface area contributed by atoms with E-state index in [4.69, 9.17) is 21.4 Å². The van der Waals surface area contributed by atoms with Crippen molar-refractivity contribution >= 4 is 29.5 Å². The predicted octanol–water partition coefficient (Wildman–Crippen LogP) is 3.68. The Morgan fingerprint density at radius 1 is 1.42 bits per heavy atom. The number of aliphatic hydroxyl groups is 1. The maximum absolute atomic E-state index is 13.8. The summed E-state index contributed by atoms with van der Waals surface area (Å²) in [5.74, 6) is -4.91. The fourth-order valence-corrected chi connectivity index (χ4v) is 2.32. The highest BCUT2D eigenvalue weighted by molar-refractivity contribution is 6.32. The number of anilines is 1. The number of hydrogen-bond donors (Lipinski definition) is 3. The third-order valence-corrected chi connectivity index (χ3v) is 3.75. The highest BCUT2D eigenvalue weighted by atomic mass is 35.5. The van der Waals surface area contributed by atoms with E-state index in [2.05, 4.69) is 5.10 Å². The molecule has 11 heteroatoms. The minimum Gasteiger partial charge on any atom is -0.492 e. The largest absolute Gasteiger partial charge is 0.492 e. The van der Waals surface area contributed by atoms with Crippen LogP contribution in [0.25, 0.3) is 0 Å². The van der Waals surface area contributed by atoms with E-state index in [0.717, 1.165) is 12.1 Å². The SMILES string of the molecule is CCOc1cc(N/N=C/C(O)(C(CC)C(=O)O)C(F)(F)F)c(F)cc1Cl. The third kappa shape index (κ3) is 4.76. The number of hydrazone groups is 1. The van der Waals surface area contributed by atoms with Crippen molar-refractivity contribution in [1.82, 2.24) is 0 Å². The Morgan fingerprint density at radius 3 is 2.50 bits per heavy atom. The third-order valence-electron chi connectivity index (χ3n) is 3.46. The lowest BCUT2D eigenvalue weighted by atomic mass is 9.85. The molecular formula is C15H17ClF4N2O4. The summed E-state index contributed by atoms with van der Waals surface area (Å²) in [7, 11) is 0. The van der Waals surface area contributed by atoms with Crippen LogP contribution in [0.3, 0.4) is 0 Å². The highest BCUT2D eigenvalue weighted by Crippen LogP contribution is 2.37. The Hall–Kier alpha value is -2.07. The molecule has 0 aliphatic heterocycles. The quantitative estimate of drug-likeness (QED) is 0.352. The molecule has 0 amide bonds. The van der Waals surface area contributed by atoms with Crippen LogP contribution >= 0.6 is 11.6 Å². The molecule has 1 rings (SSSR count). The van der Waals surface area contributed by atoms with Crippen LogP contribution in [0.4, 0.5) is 23.2 Å². The number of nitrogens with one attached hydrogen (secondary N) is 1. The van der Waals surface area contributed by atoms with Gasteiger partial charge in [0.05, 0.1) is 29.4 Å². The van der Waals surface area contributed by atoms with Gasteiger partial charge in [0.15, 0.2) is 0 Å². The van der Waals surface area contributed by atoms with E-state index in [1.165, 1.54) is 6.92 Å². The van der Waals surface area contributed by atoms with Crippen LogP contribution in [0.15, 0.2) is 17.2 Å². The minimum absolute atomic E-state index is 0.0102. The van der Waals surface area contributed by atoms with Gasteiger partial charge in [0.2, 0.25) is 5.60 Å². The summed E-state index contributed by atoms with van der Waals surface area (Å²) >= 11 is 5.76. The topological polar surface area (TPSA) is 91.1 Å². The number of nitrogens with zero attached hydrogens (tertiary/aromatic N) is 1. The average molecular weight is 401 g/mol. The summed E-state index contributed by atoms with van der Waals surface area (Å²) in [6.07, 6.45) is -5.84. The Bertz CT molecular complexity index is 684. The standard InChI is InChI=1S/C15H17ClF4N2O4/c1-3-8(13(23)24)14(25,15(18,19)20)7-21-22-11-6-12(26-4-2)9(16)5-10(11)17/h5-8,22,25H,3-4H2,1-2H3,(H,23,24)/b21-7+. The first-order valence-corrected chi connectivity index (χ1v) is 7.79. The highest BCUT2D eigenvalue weighted by Gasteiger charge is 2.59. The van der Waals surface area contributed by atoms with E-state index < -0.39 is 35.9 Å². The summed E-state index contributed by atoms with van der Waals surface area (Å²) in [5, 5.41) is 21.9. The monoisotopic (exact) mass is 400 g/mol. The fraction of sp³-hybridized carbons (Fsp3) is 0.467. The lowest BCUT2D eigenvalue weighted by Gasteiger charge is -2.31. The molecule has 3 N–H and O–H groups in total. The molecule has 6 nitrogen and oxygen atoms in total. The van der Waals surface area contributed by atoms with Gasteiger partial charge in [-0.25, -0.2) is 4.39 Å². The van der Waals surface area contributed by atoms with Crippen LogP contribution in [-0.4, -0.2) is 40.8 Å². The Balaban J connectivity index is 3.17. The van der Waals surface area contributed by atoms with Crippen molar-refractivity contribution < 1.29 is 37.3 Å². The Labute approximate surface area is 151 Å². The van der Waals surface area contributed by atoms with Gasteiger partial charge in [-0.3, -0.25) is 10.2 Å². The van der Waals surface area contributed by atoms with Gasteiger partial charge in [-0.1, -0.05) is 18.5 Å². The number of carboxylic acids is 1. The molecular weight excluding hydrogens is 384 g/mol. The zero-order valence-electron chi connectivity index (χ0n) is 13.8. The van der Waals surface area contributed by atoms with Crippen LogP contribution in [0.1, 0.15) is 20.3 Å². The number of hydrogen-bond acceptors (Lipinski definition) is 5. The van der Waals surface area contributed by atoms with E-state index in [1.54, 1.807) is 6.92 Å². The number of alkyl halides is 3. The summed E-state index contributed by atoms with van der Waals surface area (Å²) < 4.78 is 58.5. The average Bonchev–Trinajstić information content (AvgIpc) is 2.50. The van der Waals surface area contributed by atoms with Crippen LogP contribution in [0.5, 0.6) is 5.75 Å². The molecule has 1 aromatic rings. The van der Waals surface area contributed by atoms with Crippen molar-refractivity contribution in [2.24, 2.45) is 11.0 Å². The first-order valence-electron chi connectivity index (χ1n) is 7.41. The second-order valence-electron chi connectivity index (χ2n) is 5.19. The van der Waals surface area contributed by atoms with E-state index in [-0.39, 0.29) is 29.3 Å². The van der Waals surface area contributed by atoms with Gasteiger partial charge in [0.25, 0.3) is 0 Å². The molecule has 0 spiro atoms. The normalized spacial score (nSPS) is 15.5. The molecule has 0 aliphatic rings. The number of carbonyl (C=O) groups is 1. The Kier molecular flexibility index (Phi) is 7.22. The summed E-state index contributed by atoms with van der Waals surface area (Å²) in [5.41, 5.74) is -2.13. The molecule has 0 heterocycles. The van der Waals surface area contributed by atoms with Crippen LogP contribution in [0.2, 0.25) is 5.02 Å².